The van der Waals surface area contributed by atoms with Crippen molar-refractivity contribution in [2.45, 2.75) is 26.9 Å². The van der Waals surface area contributed by atoms with Crippen LogP contribution in [0.3, 0.4) is 0 Å². The largest absolute Gasteiger partial charge is 0.378 e. The van der Waals surface area contributed by atoms with Crippen LogP contribution in [0.4, 0.5) is 5.69 Å². The van der Waals surface area contributed by atoms with E-state index in [9.17, 15) is 0 Å². The second-order valence-corrected chi connectivity index (χ2v) is 7.46. The van der Waals surface area contributed by atoms with Gasteiger partial charge in [0.15, 0.2) is 5.96 Å². The first kappa shape index (κ1) is 21.9. The van der Waals surface area contributed by atoms with E-state index in [1.165, 1.54) is 16.1 Å². The van der Waals surface area contributed by atoms with Crippen LogP contribution in [-0.2, 0) is 17.8 Å². The molecule has 1 fully saturated rings. The molecule has 0 saturated carbocycles. The molecule has 8 heteroatoms. The number of halogens is 1. The summed E-state index contributed by atoms with van der Waals surface area (Å²) >= 11 is 1.71. The fraction of sp³-hybridized carbons (Fsp3) is 0.474. The SMILES string of the molecule is CCNC(=NCc1ccccc1N1CCOCC1)NCc1ncc(C)s1.I. The standard InChI is InChI=1S/C19H27N5OS.HI/c1-3-20-19(23-14-18-21-12-15(2)26-18)22-13-16-6-4-5-7-17(16)24-8-10-25-11-9-24;/h4-7,12H,3,8-11,13-14H2,1-2H3,(H2,20,22,23);1H. The van der Waals surface area contributed by atoms with Crippen LogP contribution in [0, 0.1) is 6.92 Å². The minimum atomic E-state index is 0. The number of anilines is 1. The number of ether oxygens (including phenoxy) is 1. The first-order chi connectivity index (χ1) is 12.8. The van der Waals surface area contributed by atoms with Crippen molar-refractivity contribution >= 4 is 47.0 Å². The highest BCUT2D eigenvalue weighted by atomic mass is 127. The highest BCUT2D eigenvalue weighted by Gasteiger charge is 2.14. The van der Waals surface area contributed by atoms with Crippen molar-refractivity contribution in [1.82, 2.24) is 15.6 Å². The maximum atomic E-state index is 5.47. The Hall–Kier alpha value is -1.39. The number of aryl methyl sites for hydroxylation is 1. The lowest BCUT2D eigenvalue weighted by Gasteiger charge is -2.30. The quantitative estimate of drug-likeness (QED) is 0.362. The van der Waals surface area contributed by atoms with Crippen LogP contribution >= 0.6 is 35.3 Å². The zero-order valence-electron chi connectivity index (χ0n) is 15.9. The molecule has 1 aliphatic heterocycles. The minimum absolute atomic E-state index is 0. The fourth-order valence-corrected chi connectivity index (χ4v) is 3.63. The van der Waals surface area contributed by atoms with Crippen LogP contribution in [0.2, 0.25) is 0 Å². The van der Waals surface area contributed by atoms with Gasteiger partial charge in [-0.15, -0.1) is 35.3 Å². The van der Waals surface area contributed by atoms with Gasteiger partial charge in [-0.25, -0.2) is 9.98 Å². The molecule has 2 N–H and O–H groups in total. The number of aliphatic imine (C=N–C) groups is 1. The molecule has 0 radical (unpaired) electrons. The smallest absolute Gasteiger partial charge is 0.191 e. The Labute approximate surface area is 182 Å². The lowest BCUT2D eigenvalue weighted by atomic mass is 10.1. The third-order valence-electron chi connectivity index (χ3n) is 4.17. The van der Waals surface area contributed by atoms with Gasteiger partial charge in [0.1, 0.15) is 5.01 Å². The van der Waals surface area contributed by atoms with Gasteiger partial charge in [-0.3, -0.25) is 0 Å². The molecule has 2 heterocycles. The van der Waals surface area contributed by atoms with Crippen LogP contribution in [0.1, 0.15) is 22.4 Å². The molecule has 0 spiro atoms. The summed E-state index contributed by atoms with van der Waals surface area (Å²) in [6.45, 7) is 9.74. The Morgan fingerprint density at radius 2 is 2.04 bits per heavy atom. The number of nitrogens with one attached hydrogen (secondary N) is 2. The number of hydrogen-bond donors (Lipinski definition) is 2. The average Bonchev–Trinajstić information content (AvgIpc) is 3.10. The predicted molar refractivity (Wildman–Crippen MR) is 123 cm³/mol. The normalized spacial score (nSPS) is 14.6. The summed E-state index contributed by atoms with van der Waals surface area (Å²) in [6.07, 6.45) is 1.91. The van der Waals surface area contributed by atoms with E-state index in [-0.39, 0.29) is 24.0 Å². The number of thiazole rings is 1. The molecule has 1 saturated heterocycles. The Kier molecular flexibility index (Phi) is 9.29. The summed E-state index contributed by atoms with van der Waals surface area (Å²) in [5.41, 5.74) is 2.49. The molecule has 0 amide bonds. The van der Waals surface area contributed by atoms with Gasteiger partial charge in [0.2, 0.25) is 0 Å². The monoisotopic (exact) mass is 501 g/mol. The summed E-state index contributed by atoms with van der Waals surface area (Å²) < 4.78 is 5.47. The summed E-state index contributed by atoms with van der Waals surface area (Å²) in [6, 6.07) is 8.50. The molecule has 0 unspecified atom stereocenters. The fourth-order valence-electron chi connectivity index (χ4n) is 2.91. The van der Waals surface area contributed by atoms with Crippen molar-refractivity contribution in [3.05, 3.63) is 45.9 Å². The number of rotatable bonds is 6. The van der Waals surface area contributed by atoms with Gasteiger partial charge in [0, 0.05) is 36.4 Å². The Morgan fingerprint density at radius 3 is 2.74 bits per heavy atom. The molecule has 1 aromatic carbocycles. The van der Waals surface area contributed by atoms with Crippen LogP contribution in [-0.4, -0.2) is 43.8 Å². The predicted octanol–water partition coefficient (Wildman–Crippen LogP) is 3.16. The lowest BCUT2D eigenvalue weighted by molar-refractivity contribution is 0.122. The first-order valence-corrected chi connectivity index (χ1v) is 9.92. The van der Waals surface area contributed by atoms with Crippen molar-refractivity contribution in [2.75, 3.05) is 37.7 Å². The summed E-state index contributed by atoms with van der Waals surface area (Å²) in [4.78, 5) is 12.8. The van der Waals surface area contributed by atoms with Gasteiger partial charge in [0.25, 0.3) is 0 Å². The maximum Gasteiger partial charge on any atom is 0.191 e. The van der Waals surface area contributed by atoms with Crippen molar-refractivity contribution in [3.8, 4) is 0 Å². The first-order valence-electron chi connectivity index (χ1n) is 9.10. The Morgan fingerprint density at radius 1 is 1.26 bits per heavy atom. The van der Waals surface area contributed by atoms with Gasteiger partial charge in [-0.1, -0.05) is 18.2 Å². The van der Waals surface area contributed by atoms with E-state index < -0.39 is 0 Å². The number of morpholine rings is 1. The van der Waals surface area contributed by atoms with Gasteiger partial charge >= 0.3 is 0 Å². The van der Waals surface area contributed by atoms with Crippen LogP contribution < -0.4 is 15.5 Å². The molecular formula is C19H28IN5OS. The van der Waals surface area contributed by atoms with Crippen LogP contribution in [0.25, 0.3) is 0 Å². The Balaban J connectivity index is 0.00000261. The van der Waals surface area contributed by atoms with Crippen LogP contribution in [0.15, 0.2) is 35.5 Å². The lowest BCUT2D eigenvalue weighted by Crippen LogP contribution is -2.37. The van der Waals surface area contributed by atoms with Gasteiger partial charge in [-0.2, -0.15) is 0 Å². The number of hydrogen-bond acceptors (Lipinski definition) is 5. The molecule has 148 valence electrons. The molecule has 0 bridgehead atoms. The van der Waals surface area contributed by atoms with Crippen LogP contribution in [0.5, 0.6) is 0 Å². The number of benzene rings is 1. The zero-order chi connectivity index (χ0) is 18.2. The minimum Gasteiger partial charge on any atom is -0.378 e. The molecule has 0 atom stereocenters. The number of guanidine groups is 1. The van der Waals surface area contributed by atoms with Crippen molar-refractivity contribution in [1.29, 1.82) is 0 Å². The van der Waals surface area contributed by atoms with Gasteiger partial charge in [0.05, 0.1) is 26.3 Å². The topological polar surface area (TPSA) is 61.8 Å². The summed E-state index contributed by atoms with van der Waals surface area (Å²) in [5, 5.41) is 7.75. The van der Waals surface area contributed by atoms with E-state index in [0.717, 1.165) is 43.8 Å². The van der Waals surface area contributed by atoms with E-state index in [2.05, 4.69) is 58.6 Å². The maximum absolute atomic E-state index is 5.47. The zero-order valence-corrected chi connectivity index (χ0v) is 19.0. The van der Waals surface area contributed by atoms with Crippen molar-refractivity contribution in [2.24, 2.45) is 4.99 Å². The summed E-state index contributed by atoms with van der Waals surface area (Å²) in [5.74, 6) is 0.817. The molecular weight excluding hydrogens is 473 g/mol. The molecule has 27 heavy (non-hydrogen) atoms. The summed E-state index contributed by atoms with van der Waals surface area (Å²) in [7, 11) is 0. The van der Waals surface area contributed by atoms with E-state index in [1.54, 1.807) is 11.3 Å². The number of nitrogens with zero attached hydrogens (tertiary/aromatic N) is 3. The number of aromatic nitrogens is 1. The molecule has 2 aromatic rings. The Bertz CT molecular complexity index is 730. The second-order valence-electron chi connectivity index (χ2n) is 6.14. The highest BCUT2D eigenvalue weighted by Crippen LogP contribution is 2.22. The third-order valence-corrected chi connectivity index (χ3v) is 5.08. The molecule has 1 aliphatic rings. The van der Waals surface area contributed by atoms with E-state index in [4.69, 9.17) is 9.73 Å². The number of para-hydroxylation sites is 1. The van der Waals surface area contributed by atoms with Crippen molar-refractivity contribution in [3.63, 3.8) is 0 Å². The second kappa shape index (κ2) is 11.5. The molecule has 3 rings (SSSR count). The average molecular weight is 501 g/mol. The van der Waals surface area contributed by atoms with E-state index >= 15 is 0 Å². The molecule has 1 aromatic heterocycles. The van der Waals surface area contributed by atoms with Crippen molar-refractivity contribution < 1.29 is 4.74 Å². The molecule has 6 nitrogen and oxygen atoms in total. The highest BCUT2D eigenvalue weighted by molar-refractivity contribution is 14.0. The van der Waals surface area contributed by atoms with Gasteiger partial charge < -0.3 is 20.3 Å². The van der Waals surface area contributed by atoms with E-state index in [0.29, 0.717) is 13.1 Å². The van der Waals surface area contributed by atoms with Gasteiger partial charge in [-0.05, 0) is 25.5 Å². The third kappa shape index (κ3) is 6.62. The van der Waals surface area contributed by atoms with E-state index in [1.807, 2.05) is 6.20 Å². The molecule has 0 aliphatic carbocycles.